The Bertz CT molecular complexity index is 418. The van der Waals surface area contributed by atoms with Gasteiger partial charge in [-0.1, -0.05) is 18.6 Å². The number of esters is 1. The molecular formula is C17H28O3. The van der Waals surface area contributed by atoms with Gasteiger partial charge in [0.2, 0.25) is 0 Å². The molecule has 1 unspecified atom stereocenters. The molecule has 0 bridgehead atoms. The number of fused-ring (bicyclic) bond motifs is 1. The summed E-state index contributed by atoms with van der Waals surface area (Å²) in [5.41, 5.74) is 0.693. The highest BCUT2D eigenvalue weighted by Crippen LogP contribution is 2.54. The summed E-state index contributed by atoms with van der Waals surface area (Å²) in [4.78, 5) is 11.5. The normalized spacial score (nSPS) is 37.9. The average Bonchev–Trinajstić information content (AvgIpc) is 2.25. The molecule has 0 amide bonds. The second kappa shape index (κ2) is 5.18. The van der Waals surface area contributed by atoms with Crippen molar-refractivity contribution in [2.45, 2.75) is 72.0 Å². The first-order chi connectivity index (χ1) is 9.15. The minimum absolute atomic E-state index is 0.00549. The molecule has 0 aromatic heterocycles. The van der Waals surface area contributed by atoms with Crippen LogP contribution < -0.4 is 0 Å². The second-order valence-electron chi connectivity index (χ2n) is 7.49. The van der Waals surface area contributed by atoms with Gasteiger partial charge in [-0.2, -0.15) is 0 Å². The molecule has 114 valence electrons. The number of hydrogen-bond acceptors (Lipinski definition) is 3. The zero-order chi connectivity index (χ0) is 15.1. The highest BCUT2D eigenvalue weighted by Gasteiger charge is 2.52. The maximum atomic E-state index is 11.5. The van der Waals surface area contributed by atoms with Gasteiger partial charge in [-0.3, -0.25) is 4.79 Å². The summed E-state index contributed by atoms with van der Waals surface area (Å²) in [5, 5.41) is 10.5. The lowest BCUT2D eigenvalue weighted by Crippen LogP contribution is -2.54. The lowest BCUT2D eigenvalue weighted by Gasteiger charge is -2.53. The van der Waals surface area contributed by atoms with Crippen molar-refractivity contribution in [3.63, 3.8) is 0 Å². The number of hydrogen-bond donors (Lipinski definition) is 1. The molecule has 0 heterocycles. The predicted octanol–water partition coefficient (Wildman–Crippen LogP) is 3.46. The Morgan fingerprint density at radius 3 is 2.65 bits per heavy atom. The van der Waals surface area contributed by atoms with E-state index in [0.717, 1.165) is 25.7 Å². The topological polar surface area (TPSA) is 46.5 Å². The summed E-state index contributed by atoms with van der Waals surface area (Å²) in [7, 11) is 0. The third-order valence-corrected chi connectivity index (χ3v) is 5.38. The molecule has 0 saturated heterocycles. The van der Waals surface area contributed by atoms with Gasteiger partial charge in [-0.25, -0.2) is 0 Å². The Balaban J connectivity index is 2.39. The van der Waals surface area contributed by atoms with E-state index in [2.05, 4.69) is 19.9 Å². The van der Waals surface area contributed by atoms with E-state index in [4.69, 9.17) is 4.74 Å². The smallest absolute Gasteiger partial charge is 0.302 e. The molecule has 1 fully saturated rings. The fourth-order valence-electron chi connectivity index (χ4n) is 4.38. The molecule has 1 saturated carbocycles. The molecule has 2 rings (SSSR count). The largest absolute Gasteiger partial charge is 0.461 e. The first-order valence-corrected chi connectivity index (χ1v) is 7.71. The quantitative estimate of drug-likeness (QED) is 0.622. The van der Waals surface area contributed by atoms with Gasteiger partial charge in [0.05, 0.1) is 5.60 Å². The summed E-state index contributed by atoms with van der Waals surface area (Å²) >= 11 is 0. The van der Waals surface area contributed by atoms with Crippen molar-refractivity contribution in [2.24, 2.45) is 17.3 Å². The zero-order valence-electron chi connectivity index (χ0n) is 13.4. The summed E-state index contributed by atoms with van der Waals surface area (Å²) in [5.74, 6) is 0.00289. The van der Waals surface area contributed by atoms with Crippen LogP contribution in [0.5, 0.6) is 0 Å². The van der Waals surface area contributed by atoms with Crippen LogP contribution in [0.4, 0.5) is 0 Å². The monoisotopic (exact) mass is 280 g/mol. The van der Waals surface area contributed by atoms with Crippen LogP contribution in [0.3, 0.4) is 0 Å². The SMILES string of the molecule is CC(=O)OC1[C@H](C(C)(C)O)CC[C@@]2(C)CCC=C(C)[C@@H]12. The van der Waals surface area contributed by atoms with Crippen LogP contribution in [0.25, 0.3) is 0 Å². The van der Waals surface area contributed by atoms with E-state index in [1.54, 1.807) is 0 Å². The Morgan fingerprint density at radius 1 is 1.45 bits per heavy atom. The van der Waals surface area contributed by atoms with Crippen LogP contribution >= 0.6 is 0 Å². The van der Waals surface area contributed by atoms with Crippen LogP contribution in [-0.4, -0.2) is 22.8 Å². The molecular weight excluding hydrogens is 252 g/mol. The Kier molecular flexibility index (Phi) is 4.03. The lowest BCUT2D eigenvalue weighted by atomic mass is 9.55. The van der Waals surface area contributed by atoms with Crippen LogP contribution in [-0.2, 0) is 9.53 Å². The Hall–Kier alpha value is -0.830. The van der Waals surface area contributed by atoms with Crippen molar-refractivity contribution in [3.05, 3.63) is 11.6 Å². The second-order valence-corrected chi connectivity index (χ2v) is 7.49. The maximum Gasteiger partial charge on any atom is 0.302 e. The van der Waals surface area contributed by atoms with Crippen molar-refractivity contribution in [1.82, 2.24) is 0 Å². The number of carbonyl (C=O) groups excluding carboxylic acids is 1. The van der Waals surface area contributed by atoms with Gasteiger partial charge in [0.15, 0.2) is 0 Å². The van der Waals surface area contributed by atoms with E-state index < -0.39 is 5.60 Å². The van der Waals surface area contributed by atoms with E-state index in [1.807, 2.05) is 13.8 Å². The van der Waals surface area contributed by atoms with E-state index in [-0.39, 0.29) is 29.3 Å². The molecule has 0 aromatic carbocycles. The van der Waals surface area contributed by atoms with Crippen LogP contribution in [0.1, 0.15) is 60.3 Å². The van der Waals surface area contributed by atoms with Gasteiger partial charge in [0.25, 0.3) is 0 Å². The standard InChI is InChI=1S/C17H28O3/c1-11-7-6-9-17(5)10-8-13(16(3,4)19)15(14(11)17)20-12(2)18/h7,13-15,19H,6,8-10H2,1-5H3/t13-,14+,15?,17-/m1/s1. The average molecular weight is 280 g/mol. The zero-order valence-corrected chi connectivity index (χ0v) is 13.4. The molecule has 0 radical (unpaired) electrons. The molecule has 2 aliphatic rings. The molecule has 4 atom stereocenters. The molecule has 0 spiro atoms. The lowest BCUT2D eigenvalue weighted by molar-refractivity contribution is -0.173. The van der Waals surface area contributed by atoms with Gasteiger partial charge in [0, 0.05) is 18.8 Å². The summed E-state index contributed by atoms with van der Waals surface area (Å²) in [6.07, 6.45) is 6.33. The van der Waals surface area contributed by atoms with Crippen LogP contribution in [0.2, 0.25) is 0 Å². The van der Waals surface area contributed by atoms with E-state index in [9.17, 15) is 9.90 Å². The molecule has 1 N–H and O–H groups in total. The van der Waals surface area contributed by atoms with E-state index in [1.165, 1.54) is 12.5 Å². The summed E-state index contributed by atoms with van der Waals surface area (Å²) < 4.78 is 5.70. The predicted molar refractivity (Wildman–Crippen MR) is 79.2 cm³/mol. The van der Waals surface area contributed by atoms with Crippen LogP contribution in [0, 0.1) is 17.3 Å². The van der Waals surface area contributed by atoms with Crippen molar-refractivity contribution < 1.29 is 14.6 Å². The Morgan fingerprint density at radius 2 is 2.10 bits per heavy atom. The fourth-order valence-corrected chi connectivity index (χ4v) is 4.38. The molecule has 20 heavy (non-hydrogen) atoms. The minimum atomic E-state index is -0.820. The molecule has 0 aromatic rings. The fraction of sp³-hybridized carbons (Fsp3) is 0.824. The highest BCUT2D eigenvalue weighted by atomic mass is 16.5. The van der Waals surface area contributed by atoms with Gasteiger partial charge in [-0.05, 0) is 51.9 Å². The van der Waals surface area contributed by atoms with Gasteiger partial charge in [0.1, 0.15) is 6.10 Å². The Labute approximate surface area is 122 Å². The molecule has 0 aliphatic heterocycles. The highest BCUT2D eigenvalue weighted by molar-refractivity contribution is 5.66. The minimum Gasteiger partial charge on any atom is -0.461 e. The van der Waals surface area contributed by atoms with Gasteiger partial charge >= 0.3 is 5.97 Å². The number of aliphatic hydroxyl groups is 1. The number of rotatable bonds is 2. The third kappa shape index (κ3) is 2.78. The van der Waals surface area contributed by atoms with Gasteiger partial charge < -0.3 is 9.84 Å². The number of ether oxygens (including phenoxy) is 1. The number of carbonyl (C=O) groups is 1. The summed E-state index contributed by atoms with van der Waals surface area (Å²) in [6.45, 7) is 9.59. The molecule has 3 heteroatoms. The van der Waals surface area contributed by atoms with Gasteiger partial charge in [-0.15, -0.1) is 0 Å². The van der Waals surface area contributed by atoms with Crippen LogP contribution in [0.15, 0.2) is 11.6 Å². The van der Waals surface area contributed by atoms with Crippen molar-refractivity contribution in [1.29, 1.82) is 0 Å². The van der Waals surface area contributed by atoms with E-state index >= 15 is 0 Å². The van der Waals surface area contributed by atoms with E-state index in [0.29, 0.717) is 0 Å². The number of allylic oxidation sites excluding steroid dienone is 1. The first-order valence-electron chi connectivity index (χ1n) is 7.71. The maximum absolute atomic E-state index is 11.5. The molecule has 3 nitrogen and oxygen atoms in total. The van der Waals surface area contributed by atoms with Crippen molar-refractivity contribution >= 4 is 5.97 Å². The van der Waals surface area contributed by atoms with Crippen molar-refractivity contribution in [2.75, 3.05) is 0 Å². The molecule has 2 aliphatic carbocycles. The first kappa shape index (κ1) is 15.6. The summed E-state index contributed by atoms with van der Waals surface area (Å²) in [6, 6.07) is 0. The van der Waals surface area contributed by atoms with Crippen molar-refractivity contribution in [3.8, 4) is 0 Å². The third-order valence-electron chi connectivity index (χ3n) is 5.38.